The van der Waals surface area contributed by atoms with Gasteiger partial charge in [0, 0.05) is 30.4 Å². The molecule has 2 amide bonds. The summed E-state index contributed by atoms with van der Waals surface area (Å²) in [7, 11) is 0. The zero-order valence-electron chi connectivity index (χ0n) is 14.9. The van der Waals surface area contributed by atoms with Crippen molar-refractivity contribution in [2.45, 2.75) is 26.2 Å². The lowest BCUT2D eigenvalue weighted by atomic mass is 9.93. The molecule has 0 bridgehead atoms. The summed E-state index contributed by atoms with van der Waals surface area (Å²) in [4.78, 5) is 29.8. The molecule has 2 aliphatic heterocycles. The third kappa shape index (κ3) is 2.92. The van der Waals surface area contributed by atoms with E-state index in [9.17, 15) is 9.59 Å². The van der Waals surface area contributed by atoms with Gasteiger partial charge in [-0.3, -0.25) is 9.59 Å². The van der Waals surface area contributed by atoms with E-state index in [0.717, 1.165) is 37.1 Å². The number of nitrogens with zero attached hydrogens (tertiary/aromatic N) is 2. The van der Waals surface area contributed by atoms with Crippen LogP contribution in [0.2, 0.25) is 0 Å². The average molecular weight is 346 g/mol. The molecule has 2 heterocycles. The van der Waals surface area contributed by atoms with Crippen LogP contribution in [0.4, 0.5) is 5.69 Å². The Labute approximate surface area is 153 Å². The topological polar surface area (TPSA) is 40.6 Å². The quantitative estimate of drug-likeness (QED) is 0.609. The van der Waals surface area contributed by atoms with Crippen LogP contribution in [0.3, 0.4) is 0 Å². The summed E-state index contributed by atoms with van der Waals surface area (Å²) in [5, 5.41) is 0. The molecule has 0 aromatic heterocycles. The van der Waals surface area contributed by atoms with Crippen molar-refractivity contribution in [3.05, 3.63) is 71.4 Å². The Kier molecular flexibility index (Phi) is 4.33. The summed E-state index contributed by atoms with van der Waals surface area (Å²) >= 11 is 0. The van der Waals surface area contributed by atoms with Crippen molar-refractivity contribution >= 4 is 23.1 Å². The molecule has 0 N–H and O–H groups in total. The number of amides is 2. The molecular formula is C22H22N2O2. The minimum Gasteiger partial charge on any atom is -0.377 e. The van der Waals surface area contributed by atoms with Gasteiger partial charge >= 0.3 is 0 Å². The Balaban J connectivity index is 1.81. The number of imide groups is 1. The van der Waals surface area contributed by atoms with Crippen LogP contribution in [0.5, 0.6) is 0 Å². The van der Waals surface area contributed by atoms with Crippen molar-refractivity contribution in [2.24, 2.45) is 0 Å². The van der Waals surface area contributed by atoms with E-state index in [1.165, 1.54) is 11.3 Å². The number of fused-ring (bicyclic) bond motifs is 1. The molecule has 2 aliphatic rings. The highest BCUT2D eigenvalue weighted by Crippen LogP contribution is 2.32. The molecule has 0 atom stereocenters. The van der Waals surface area contributed by atoms with Crippen molar-refractivity contribution in [3.8, 4) is 0 Å². The first-order valence-electron chi connectivity index (χ1n) is 9.16. The zero-order valence-corrected chi connectivity index (χ0v) is 14.9. The molecule has 1 fully saturated rings. The number of benzene rings is 2. The van der Waals surface area contributed by atoms with Gasteiger partial charge in [-0.2, -0.15) is 0 Å². The van der Waals surface area contributed by atoms with Gasteiger partial charge in [0.05, 0.1) is 11.3 Å². The van der Waals surface area contributed by atoms with E-state index in [-0.39, 0.29) is 11.8 Å². The van der Waals surface area contributed by atoms with Gasteiger partial charge < -0.3 is 4.90 Å². The van der Waals surface area contributed by atoms with Crippen molar-refractivity contribution in [2.75, 3.05) is 18.0 Å². The van der Waals surface area contributed by atoms with Gasteiger partial charge in [-0.1, -0.05) is 35.9 Å². The van der Waals surface area contributed by atoms with Crippen LogP contribution in [0, 0.1) is 6.92 Å². The molecule has 1 saturated heterocycles. The number of likely N-dealkylation sites (tertiary alicyclic amines) is 1. The maximum atomic E-state index is 13.3. The second kappa shape index (κ2) is 6.79. The molecule has 0 spiro atoms. The van der Waals surface area contributed by atoms with Crippen LogP contribution in [0.25, 0.3) is 5.57 Å². The Morgan fingerprint density at radius 3 is 2.15 bits per heavy atom. The van der Waals surface area contributed by atoms with Crippen molar-refractivity contribution in [3.63, 3.8) is 0 Å². The highest BCUT2D eigenvalue weighted by Gasteiger charge is 2.36. The minimum atomic E-state index is -0.259. The smallest absolute Gasteiger partial charge is 0.267 e. The lowest BCUT2D eigenvalue weighted by molar-refractivity contribution is -0.112. The largest absolute Gasteiger partial charge is 0.377 e. The lowest BCUT2D eigenvalue weighted by Crippen LogP contribution is -2.42. The van der Waals surface area contributed by atoms with E-state index >= 15 is 0 Å². The molecule has 2 aromatic rings. The summed E-state index contributed by atoms with van der Waals surface area (Å²) in [6, 6.07) is 14.9. The van der Waals surface area contributed by atoms with Gasteiger partial charge in [0.25, 0.3) is 11.8 Å². The van der Waals surface area contributed by atoms with Gasteiger partial charge in [0.15, 0.2) is 0 Å². The van der Waals surface area contributed by atoms with E-state index in [1.54, 1.807) is 6.07 Å². The maximum absolute atomic E-state index is 13.3. The molecule has 0 radical (unpaired) electrons. The lowest BCUT2D eigenvalue weighted by Gasteiger charge is -2.31. The van der Waals surface area contributed by atoms with Gasteiger partial charge in [-0.05, 0) is 44.4 Å². The van der Waals surface area contributed by atoms with Crippen molar-refractivity contribution in [1.29, 1.82) is 0 Å². The van der Waals surface area contributed by atoms with Crippen LogP contribution >= 0.6 is 0 Å². The summed E-state index contributed by atoms with van der Waals surface area (Å²) in [6.45, 7) is 3.90. The molecule has 2 aromatic carbocycles. The van der Waals surface area contributed by atoms with Crippen LogP contribution in [-0.2, 0) is 4.79 Å². The predicted octanol–water partition coefficient (Wildman–Crippen LogP) is 4.01. The molecular weight excluding hydrogens is 324 g/mol. The number of piperidine rings is 1. The fraction of sp³-hybridized carbons (Fsp3) is 0.273. The second-order valence-corrected chi connectivity index (χ2v) is 6.97. The highest BCUT2D eigenvalue weighted by atomic mass is 16.2. The van der Waals surface area contributed by atoms with Gasteiger partial charge in [0.1, 0.15) is 0 Å². The molecule has 4 rings (SSSR count). The predicted molar refractivity (Wildman–Crippen MR) is 103 cm³/mol. The van der Waals surface area contributed by atoms with Gasteiger partial charge in [0.2, 0.25) is 0 Å². The fourth-order valence-corrected chi connectivity index (χ4v) is 3.64. The molecule has 0 unspecified atom stereocenters. The number of hydrogen-bond donors (Lipinski definition) is 0. The molecule has 4 nitrogen and oxygen atoms in total. The number of rotatable bonds is 2. The van der Waals surface area contributed by atoms with Gasteiger partial charge in [-0.25, -0.2) is 4.90 Å². The zero-order chi connectivity index (χ0) is 18.1. The van der Waals surface area contributed by atoms with E-state index in [0.29, 0.717) is 16.8 Å². The third-order valence-electron chi connectivity index (χ3n) is 5.08. The number of anilines is 1. The molecule has 0 saturated carbocycles. The normalized spacial score (nSPS) is 19.0. The first-order chi connectivity index (χ1) is 12.6. The van der Waals surface area contributed by atoms with Gasteiger partial charge in [-0.15, -0.1) is 0 Å². The fourth-order valence-electron chi connectivity index (χ4n) is 3.64. The monoisotopic (exact) mass is 346 g/mol. The number of hydrogen-bond acceptors (Lipinski definition) is 3. The first-order valence-corrected chi connectivity index (χ1v) is 9.16. The van der Waals surface area contributed by atoms with E-state index in [4.69, 9.17) is 0 Å². The third-order valence-corrected chi connectivity index (χ3v) is 5.08. The van der Waals surface area contributed by atoms with E-state index in [1.807, 2.05) is 55.6 Å². The number of aryl methyl sites for hydroxylation is 1. The van der Waals surface area contributed by atoms with Crippen LogP contribution in [0.15, 0.2) is 54.7 Å². The Morgan fingerprint density at radius 2 is 1.46 bits per heavy atom. The molecule has 4 heteroatoms. The van der Waals surface area contributed by atoms with Crippen molar-refractivity contribution in [1.82, 2.24) is 4.90 Å². The maximum Gasteiger partial charge on any atom is 0.267 e. The summed E-state index contributed by atoms with van der Waals surface area (Å²) in [6.07, 6.45) is 5.46. The van der Waals surface area contributed by atoms with Crippen LogP contribution in [0.1, 0.15) is 40.7 Å². The molecule has 26 heavy (non-hydrogen) atoms. The molecule has 132 valence electrons. The Hall–Kier alpha value is -2.88. The Bertz CT molecular complexity index is 877. The van der Waals surface area contributed by atoms with E-state index < -0.39 is 0 Å². The second-order valence-electron chi connectivity index (χ2n) is 6.97. The summed E-state index contributed by atoms with van der Waals surface area (Å²) in [5.41, 5.74) is 3.62. The standard InChI is InChI=1S/C22H22N2O2/c1-16-9-11-17(12-10-16)24-21(25)19-8-4-3-7-18(19)20(22(24)26)15-23-13-5-2-6-14-23/h3-4,7-12,15H,2,5-6,13-14H2,1H3/b20-15+. The SMILES string of the molecule is Cc1ccc(N2C(=O)/C(=C/N3CCCCC3)c3ccccc3C2=O)cc1. The number of carbonyl (C=O) groups excluding carboxylic acids is 2. The van der Waals surface area contributed by atoms with E-state index in [2.05, 4.69) is 4.90 Å². The summed E-state index contributed by atoms with van der Waals surface area (Å²) in [5.74, 6) is -0.506. The molecule has 0 aliphatic carbocycles. The Morgan fingerprint density at radius 1 is 0.808 bits per heavy atom. The average Bonchev–Trinajstić information content (AvgIpc) is 2.67. The summed E-state index contributed by atoms with van der Waals surface area (Å²) < 4.78 is 0. The number of carbonyl (C=O) groups is 2. The van der Waals surface area contributed by atoms with Crippen LogP contribution < -0.4 is 4.90 Å². The first kappa shape index (κ1) is 16.6. The van der Waals surface area contributed by atoms with Crippen LogP contribution in [-0.4, -0.2) is 29.8 Å². The minimum absolute atomic E-state index is 0.247. The van der Waals surface area contributed by atoms with Crippen molar-refractivity contribution < 1.29 is 9.59 Å². The highest BCUT2D eigenvalue weighted by molar-refractivity contribution is 6.41.